The van der Waals surface area contributed by atoms with E-state index in [9.17, 15) is 27.6 Å². The average Bonchev–Trinajstić information content (AvgIpc) is 3.09. The summed E-state index contributed by atoms with van der Waals surface area (Å²) >= 11 is 0. The minimum absolute atomic E-state index is 0.0292. The van der Waals surface area contributed by atoms with Gasteiger partial charge in [-0.15, -0.1) is 0 Å². The third kappa shape index (κ3) is 16.2. The average molecular weight is 692 g/mol. The van der Waals surface area contributed by atoms with Gasteiger partial charge in [-0.3, -0.25) is 9.59 Å². The minimum atomic E-state index is -4.76. The van der Waals surface area contributed by atoms with Crippen LogP contribution in [0.5, 0.6) is 0 Å². The van der Waals surface area contributed by atoms with Gasteiger partial charge in [0.25, 0.3) is 5.91 Å². The number of carbonyl (C=O) groups is 3. The van der Waals surface area contributed by atoms with Crippen molar-refractivity contribution in [2.75, 3.05) is 72.2 Å². The first-order chi connectivity index (χ1) is 22.7. The molecule has 12 heteroatoms. The van der Waals surface area contributed by atoms with E-state index in [0.29, 0.717) is 45.1 Å². The molecule has 1 heterocycles. The van der Waals surface area contributed by atoms with Crippen LogP contribution in [-0.4, -0.2) is 96.4 Å². The van der Waals surface area contributed by atoms with Crippen LogP contribution in [0.4, 0.5) is 18.9 Å². The fourth-order valence-electron chi connectivity index (χ4n) is 4.74. The summed E-state index contributed by atoms with van der Waals surface area (Å²) in [5.41, 5.74) is -2.06. The van der Waals surface area contributed by atoms with E-state index in [1.54, 1.807) is 21.1 Å². The molecule has 0 radical (unpaired) electrons. The second kappa shape index (κ2) is 26.3. The summed E-state index contributed by atoms with van der Waals surface area (Å²) in [5.74, 6) is -1.09. The second-order valence-electron chi connectivity index (χ2n) is 11.6. The SMILES string of the molecule is CC.CCC.CCC(C)(COCC=O)C(=O)N(CCCCOC)c1cc(C(=O)N(C)C2CCCNC2)c(C(F)(F)F)cc1C.CCOC. The number of nitrogens with one attached hydrogen (secondary N) is 1. The van der Waals surface area contributed by atoms with Gasteiger partial charge in [0.2, 0.25) is 5.91 Å². The summed E-state index contributed by atoms with van der Waals surface area (Å²) in [7, 11) is 4.77. The third-order valence-corrected chi connectivity index (χ3v) is 7.72. The van der Waals surface area contributed by atoms with Crippen LogP contribution in [0.25, 0.3) is 0 Å². The molecular weight excluding hydrogens is 627 g/mol. The van der Waals surface area contributed by atoms with E-state index in [1.807, 2.05) is 27.7 Å². The number of likely N-dealkylation sites (N-methyl/N-ethyl adjacent to an activating group) is 1. The van der Waals surface area contributed by atoms with E-state index in [1.165, 1.54) is 36.3 Å². The van der Waals surface area contributed by atoms with Crippen LogP contribution in [0.1, 0.15) is 108 Å². The summed E-state index contributed by atoms with van der Waals surface area (Å²) in [6.45, 7) is 17.8. The van der Waals surface area contributed by atoms with Crippen molar-refractivity contribution in [1.29, 1.82) is 0 Å². The monoisotopic (exact) mass is 691 g/mol. The highest BCUT2D eigenvalue weighted by Crippen LogP contribution is 2.38. The molecule has 1 aromatic carbocycles. The Labute approximate surface area is 288 Å². The predicted molar refractivity (Wildman–Crippen MR) is 188 cm³/mol. The molecule has 1 saturated heterocycles. The molecule has 0 saturated carbocycles. The van der Waals surface area contributed by atoms with Gasteiger partial charge in [-0.1, -0.05) is 41.0 Å². The van der Waals surface area contributed by atoms with Crippen molar-refractivity contribution in [2.24, 2.45) is 5.41 Å². The summed E-state index contributed by atoms with van der Waals surface area (Å²) in [4.78, 5) is 41.1. The van der Waals surface area contributed by atoms with Crippen molar-refractivity contribution in [1.82, 2.24) is 10.2 Å². The zero-order chi connectivity index (χ0) is 37.3. The maximum absolute atomic E-state index is 14.2. The number of rotatable bonds is 15. The number of carbonyl (C=O) groups excluding carboxylic acids is 3. The first kappa shape index (κ1) is 47.6. The van der Waals surface area contributed by atoms with Gasteiger partial charge in [0, 0.05) is 59.3 Å². The normalized spacial score (nSPS) is 15.2. The number of alkyl halides is 3. The van der Waals surface area contributed by atoms with Gasteiger partial charge in [0.05, 0.1) is 23.1 Å². The number of methoxy groups -OCH3 is 2. The number of nitrogens with zero attached hydrogens (tertiary/aromatic N) is 2. The minimum Gasteiger partial charge on any atom is -0.385 e. The molecule has 0 bridgehead atoms. The standard InChI is InChI=1S/C28H42F3N3O5.C3H8O.C3H8.C2H6/c1-6-27(3,19-39-15-13-35)26(37)34(12-7-8-14-38-5)24-17-22(23(16-20(24)2)28(29,30)31)25(36)33(4)21-10-9-11-32-18-21;1-3-4-2;1-3-2;1-2/h13,16-17,21,32H,6-12,14-15,18-19H2,1-5H3;3H2,1-2H3;3H2,1-2H3;1-2H3. The van der Waals surface area contributed by atoms with Crippen LogP contribution < -0.4 is 10.2 Å². The summed E-state index contributed by atoms with van der Waals surface area (Å²) < 4.78 is 57.6. The molecule has 0 spiro atoms. The highest BCUT2D eigenvalue weighted by Gasteiger charge is 2.40. The molecule has 280 valence electrons. The number of amides is 2. The molecule has 1 N–H and O–H groups in total. The fourth-order valence-corrected chi connectivity index (χ4v) is 4.74. The Bertz CT molecular complexity index is 1030. The second-order valence-corrected chi connectivity index (χ2v) is 11.6. The molecule has 2 rings (SSSR count). The van der Waals surface area contributed by atoms with Gasteiger partial charge in [-0.05, 0) is 77.1 Å². The molecule has 1 aliphatic rings. The van der Waals surface area contributed by atoms with Crippen LogP contribution in [0.2, 0.25) is 0 Å². The Morgan fingerprint density at radius 3 is 2.12 bits per heavy atom. The molecule has 1 aromatic rings. The Hall–Kier alpha value is -2.54. The van der Waals surface area contributed by atoms with Crippen LogP contribution >= 0.6 is 0 Å². The molecule has 9 nitrogen and oxygen atoms in total. The first-order valence-electron chi connectivity index (χ1n) is 17.2. The lowest BCUT2D eigenvalue weighted by molar-refractivity contribution is -0.138. The fraction of sp³-hybridized carbons (Fsp3) is 0.750. The number of aldehydes is 1. The van der Waals surface area contributed by atoms with E-state index in [-0.39, 0.29) is 43.0 Å². The molecule has 2 atom stereocenters. The van der Waals surface area contributed by atoms with Crippen LogP contribution in [0, 0.1) is 12.3 Å². The predicted octanol–water partition coefficient (Wildman–Crippen LogP) is 7.32. The zero-order valence-electron chi connectivity index (χ0n) is 31.5. The number of anilines is 1. The summed E-state index contributed by atoms with van der Waals surface area (Å²) in [6, 6.07) is 1.93. The molecule has 0 aromatic heterocycles. The van der Waals surface area contributed by atoms with E-state index in [2.05, 4.69) is 23.9 Å². The lowest BCUT2D eigenvalue weighted by atomic mass is 9.86. The van der Waals surface area contributed by atoms with Gasteiger partial charge in [-0.2, -0.15) is 13.2 Å². The topological polar surface area (TPSA) is 97.4 Å². The van der Waals surface area contributed by atoms with Crippen molar-refractivity contribution in [3.63, 3.8) is 0 Å². The largest absolute Gasteiger partial charge is 0.417 e. The molecule has 0 aliphatic carbocycles. The number of benzene rings is 1. The maximum Gasteiger partial charge on any atom is 0.417 e. The highest BCUT2D eigenvalue weighted by atomic mass is 19.4. The number of aryl methyl sites for hydroxylation is 1. The lowest BCUT2D eigenvalue weighted by Crippen LogP contribution is -2.47. The summed E-state index contributed by atoms with van der Waals surface area (Å²) in [6.07, 6.45) is 0.142. The Morgan fingerprint density at radius 2 is 1.67 bits per heavy atom. The number of halogens is 3. The van der Waals surface area contributed by atoms with Crippen molar-refractivity contribution in [3.05, 3.63) is 28.8 Å². The smallest absolute Gasteiger partial charge is 0.385 e. The van der Waals surface area contributed by atoms with E-state index in [0.717, 1.165) is 25.6 Å². The first-order valence-corrected chi connectivity index (χ1v) is 17.2. The Balaban J connectivity index is 0. The maximum atomic E-state index is 14.2. The number of unbranched alkanes of at least 4 members (excludes halogenated alkanes) is 1. The van der Waals surface area contributed by atoms with Gasteiger partial charge in [0.1, 0.15) is 12.9 Å². The number of hydrogen-bond donors (Lipinski definition) is 1. The van der Waals surface area contributed by atoms with Crippen LogP contribution in [0.15, 0.2) is 12.1 Å². The number of hydrogen-bond acceptors (Lipinski definition) is 7. The van der Waals surface area contributed by atoms with E-state index >= 15 is 0 Å². The van der Waals surface area contributed by atoms with Crippen LogP contribution in [0.3, 0.4) is 0 Å². The quantitative estimate of drug-likeness (QED) is 0.152. The number of ether oxygens (including phenoxy) is 3. The van der Waals surface area contributed by atoms with E-state index in [4.69, 9.17) is 9.47 Å². The van der Waals surface area contributed by atoms with Crippen molar-refractivity contribution >= 4 is 23.8 Å². The zero-order valence-corrected chi connectivity index (χ0v) is 31.5. The molecule has 1 aliphatic heterocycles. The van der Waals surface area contributed by atoms with Crippen molar-refractivity contribution in [2.45, 2.75) is 106 Å². The third-order valence-electron chi connectivity index (χ3n) is 7.72. The van der Waals surface area contributed by atoms with Crippen LogP contribution in [-0.2, 0) is 30.0 Å². The van der Waals surface area contributed by atoms with E-state index < -0.39 is 28.6 Å². The Kier molecular flexibility index (Phi) is 26.1. The molecule has 1 fully saturated rings. The molecule has 48 heavy (non-hydrogen) atoms. The molecule has 2 amide bonds. The van der Waals surface area contributed by atoms with Gasteiger partial charge in [0.15, 0.2) is 0 Å². The molecule has 2 unspecified atom stereocenters. The lowest BCUT2D eigenvalue weighted by Gasteiger charge is -2.36. The molecular formula is C36H64F3N3O6. The number of piperidine rings is 1. The van der Waals surface area contributed by atoms with Gasteiger partial charge < -0.3 is 34.1 Å². The highest BCUT2D eigenvalue weighted by molar-refractivity contribution is 6.01. The summed E-state index contributed by atoms with van der Waals surface area (Å²) in [5, 5.41) is 3.19. The van der Waals surface area contributed by atoms with Gasteiger partial charge >= 0.3 is 6.18 Å². The Morgan fingerprint density at radius 1 is 1.06 bits per heavy atom. The van der Waals surface area contributed by atoms with Crippen molar-refractivity contribution in [3.8, 4) is 0 Å². The van der Waals surface area contributed by atoms with Gasteiger partial charge in [-0.25, -0.2) is 0 Å². The van der Waals surface area contributed by atoms with Crippen molar-refractivity contribution < 1.29 is 41.8 Å².